The fraction of sp³-hybridized carbons (Fsp3) is 0.0870. The van der Waals surface area contributed by atoms with Crippen LogP contribution in [0.15, 0.2) is 84.9 Å². The molecule has 1 atom stereocenters. The fourth-order valence-corrected chi connectivity index (χ4v) is 3.55. The summed E-state index contributed by atoms with van der Waals surface area (Å²) in [4.78, 5) is 0. The molecule has 1 unspecified atom stereocenters. The number of rotatable bonds is 3. The number of fused-ring (bicyclic) bond motifs is 3. The third-order valence-corrected chi connectivity index (χ3v) is 4.75. The number of ether oxygens (including phenoxy) is 1. The Morgan fingerprint density at radius 2 is 1.63 bits per heavy atom. The van der Waals surface area contributed by atoms with Crippen LogP contribution >= 0.6 is 0 Å². The van der Waals surface area contributed by atoms with Gasteiger partial charge in [-0.1, -0.05) is 48.5 Å². The third-order valence-electron chi connectivity index (χ3n) is 4.75. The van der Waals surface area contributed by atoms with E-state index >= 15 is 0 Å². The van der Waals surface area contributed by atoms with Crippen LogP contribution in [-0.4, -0.2) is 9.78 Å². The Balaban J connectivity index is 1.54. The zero-order valence-electron chi connectivity index (χ0n) is 15.0. The average Bonchev–Trinajstić information content (AvgIpc) is 3.10. The van der Waals surface area contributed by atoms with Crippen LogP contribution in [0.1, 0.15) is 17.4 Å². The summed E-state index contributed by atoms with van der Waals surface area (Å²) in [7, 11) is 0. The molecule has 5 rings (SSSR count). The smallest absolute Gasteiger partial charge is 0.147 e. The van der Waals surface area contributed by atoms with Crippen LogP contribution in [0.25, 0.3) is 11.3 Å². The van der Waals surface area contributed by atoms with E-state index in [0.717, 1.165) is 34.1 Å². The van der Waals surface area contributed by atoms with Gasteiger partial charge >= 0.3 is 0 Å². The molecule has 4 nitrogen and oxygen atoms in total. The van der Waals surface area contributed by atoms with Gasteiger partial charge in [0, 0.05) is 16.8 Å². The second kappa shape index (κ2) is 6.32. The molecule has 0 spiro atoms. The highest BCUT2D eigenvalue weighted by molar-refractivity contribution is 5.78. The maximum Gasteiger partial charge on any atom is 0.147 e. The molecule has 0 fully saturated rings. The number of aromatic nitrogens is 2. The molecule has 0 amide bonds. The molecule has 0 aliphatic carbocycles. The number of nitrogens with zero attached hydrogens (tertiary/aromatic N) is 2. The van der Waals surface area contributed by atoms with Crippen molar-refractivity contribution in [1.82, 2.24) is 9.78 Å². The van der Waals surface area contributed by atoms with Crippen LogP contribution in [0, 0.1) is 6.92 Å². The number of hydrogen-bond donors (Lipinski definition) is 1. The van der Waals surface area contributed by atoms with Gasteiger partial charge in [-0.05, 0) is 43.3 Å². The predicted molar refractivity (Wildman–Crippen MR) is 107 cm³/mol. The van der Waals surface area contributed by atoms with E-state index in [-0.39, 0.29) is 6.17 Å². The van der Waals surface area contributed by atoms with E-state index in [1.54, 1.807) is 0 Å². The predicted octanol–water partition coefficient (Wildman–Crippen LogP) is 5.62. The molecule has 132 valence electrons. The van der Waals surface area contributed by atoms with Gasteiger partial charge in [0.25, 0.3) is 0 Å². The normalized spacial score (nSPS) is 14.8. The molecule has 3 aromatic carbocycles. The van der Waals surface area contributed by atoms with Gasteiger partial charge in [0.2, 0.25) is 0 Å². The Kier molecular flexibility index (Phi) is 3.68. The molecule has 1 aromatic heterocycles. The van der Waals surface area contributed by atoms with Gasteiger partial charge in [-0.25, -0.2) is 4.68 Å². The molecule has 27 heavy (non-hydrogen) atoms. The average molecular weight is 353 g/mol. The van der Waals surface area contributed by atoms with Crippen LogP contribution in [0.5, 0.6) is 11.5 Å². The molecule has 4 heteroatoms. The molecule has 4 aromatic rings. The molecule has 0 saturated carbocycles. The Morgan fingerprint density at radius 1 is 0.852 bits per heavy atom. The van der Waals surface area contributed by atoms with Crippen molar-refractivity contribution in [2.24, 2.45) is 0 Å². The van der Waals surface area contributed by atoms with Gasteiger partial charge in [0.1, 0.15) is 17.7 Å². The molecular formula is C23H19N3O. The summed E-state index contributed by atoms with van der Waals surface area (Å²) in [5, 5.41) is 8.35. The molecule has 1 N–H and O–H groups in total. The fourth-order valence-electron chi connectivity index (χ4n) is 3.55. The van der Waals surface area contributed by atoms with Gasteiger partial charge in [0.05, 0.1) is 11.4 Å². The van der Waals surface area contributed by atoms with Crippen molar-refractivity contribution >= 4 is 5.69 Å². The molecular weight excluding hydrogens is 334 g/mol. The lowest BCUT2D eigenvalue weighted by molar-refractivity contribution is 0.479. The first kappa shape index (κ1) is 15.7. The second-order valence-electron chi connectivity index (χ2n) is 6.70. The Morgan fingerprint density at radius 3 is 2.52 bits per heavy atom. The lowest BCUT2D eigenvalue weighted by Crippen LogP contribution is -2.25. The molecule has 1 aliphatic heterocycles. The Hall–Kier alpha value is -3.53. The maximum absolute atomic E-state index is 6.02. The van der Waals surface area contributed by atoms with Crippen LogP contribution in [0.3, 0.4) is 0 Å². The van der Waals surface area contributed by atoms with E-state index < -0.39 is 0 Å². The van der Waals surface area contributed by atoms with E-state index in [2.05, 4.69) is 52.5 Å². The zero-order chi connectivity index (χ0) is 18.2. The summed E-state index contributed by atoms with van der Waals surface area (Å²) in [5.74, 6) is 1.64. The first-order valence-electron chi connectivity index (χ1n) is 9.03. The van der Waals surface area contributed by atoms with Gasteiger partial charge in [-0.3, -0.25) is 0 Å². The molecule has 0 bridgehead atoms. The third kappa shape index (κ3) is 2.85. The maximum atomic E-state index is 6.02. The summed E-state index contributed by atoms with van der Waals surface area (Å²) >= 11 is 0. The lowest BCUT2D eigenvalue weighted by atomic mass is 10.0. The second-order valence-corrected chi connectivity index (χ2v) is 6.70. The number of nitrogens with one attached hydrogen (secondary N) is 1. The molecule has 0 saturated heterocycles. The van der Waals surface area contributed by atoms with Crippen molar-refractivity contribution in [2.45, 2.75) is 13.1 Å². The Bertz CT molecular complexity index is 1100. The number of para-hydroxylation sites is 2. The summed E-state index contributed by atoms with van der Waals surface area (Å²) in [6, 6.07) is 28.5. The van der Waals surface area contributed by atoms with Gasteiger partial charge in [0.15, 0.2) is 0 Å². The van der Waals surface area contributed by atoms with Crippen molar-refractivity contribution in [3.8, 4) is 22.8 Å². The summed E-state index contributed by atoms with van der Waals surface area (Å²) < 4.78 is 8.07. The topological polar surface area (TPSA) is 39.1 Å². The summed E-state index contributed by atoms with van der Waals surface area (Å²) in [6.45, 7) is 2.03. The highest BCUT2D eigenvalue weighted by Crippen LogP contribution is 2.39. The van der Waals surface area contributed by atoms with E-state index in [1.165, 1.54) is 5.56 Å². The van der Waals surface area contributed by atoms with Crippen LogP contribution < -0.4 is 10.1 Å². The van der Waals surface area contributed by atoms with E-state index in [4.69, 9.17) is 9.84 Å². The van der Waals surface area contributed by atoms with Crippen molar-refractivity contribution in [2.75, 3.05) is 5.32 Å². The minimum atomic E-state index is -0.0806. The largest absolute Gasteiger partial charge is 0.457 e. The lowest BCUT2D eigenvalue weighted by Gasteiger charge is -2.29. The van der Waals surface area contributed by atoms with Gasteiger partial charge < -0.3 is 10.1 Å². The number of benzene rings is 3. The van der Waals surface area contributed by atoms with Crippen LogP contribution in [0.2, 0.25) is 0 Å². The number of anilines is 1. The Labute approximate surface area is 158 Å². The van der Waals surface area contributed by atoms with Crippen LogP contribution in [-0.2, 0) is 0 Å². The van der Waals surface area contributed by atoms with E-state index in [0.29, 0.717) is 0 Å². The standard InChI is InChI=1S/C23H19N3O/c1-16-14-22-20-12-5-6-13-21(20)24-23(26(22)25-16)17-8-7-11-19(15-17)27-18-9-3-2-4-10-18/h2-15,23-24H,1H3. The molecule has 2 heterocycles. The molecule has 0 radical (unpaired) electrons. The van der Waals surface area contributed by atoms with Crippen LogP contribution in [0.4, 0.5) is 5.69 Å². The van der Waals surface area contributed by atoms with Gasteiger partial charge in [-0.15, -0.1) is 0 Å². The SMILES string of the molecule is Cc1cc2n(n1)C(c1cccc(Oc3ccccc3)c1)Nc1ccccc1-2. The minimum absolute atomic E-state index is 0.0806. The summed E-state index contributed by atoms with van der Waals surface area (Å²) in [5.41, 5.74) is 5.52. The molecule has 1 aliphatic rings. The highest BCUT2D eigenvalue weighted by atomic mass is 16.5. The quantitative estimate of drug-likeness (QED) is 0.519. The van der Waals surface area contributed by atoms with Gasteiger partial charge in [-0.2, -0.15) is 5.10 Å². The summed E-state index contributed by atoms with van der Waals surface area (Å²) in [6.07, 6.45) is -0.0806. The van der Waals surface area contributed by atoms with Crippen molar-refractivity contribution in [3.63, 3.8) is 0 Å². The van der Waals surface area contributed by atoms with Crippen molar-refractivity contribution in [1.29, 1.82) is 0 Å². The minimum Gasteiger partial charge on any atom is -0.457 e. The highest BCUT2D eigenvalue weighted by Gasteiger charge is 2.26. The first-order valence-corrected chi connectivity index (χ1v) is 9.03. The van der Waals surface area contributed by atoms with Crippen molar-refractivity contribution in [3.05, 3.63) is 96.2 Å². The monoisotopic (exact) mass is 353 g/mol. The number of hydrogen-bond acceptors (Lipinski definition) is 3. The number of aryl methyl sites for hydroxylation is 1. The van der Waals surface area contributed by atoms with Crippen molar-refractivity contribution < 1.29 is 4.74 Å². The van der Waals surface area contributed by atoms with E-state index in [9.17, 15) is 0 Å². The first-order chi connectivity index (χ1) is 13.3. The zero-order valence-corrected chi connectivity index (χ0v) is 15.0. The van der Waals surface area contributed by atoms with E-state index in [1.807, 2.05) is 49.4 Å².